The zero-order chi connectivity index (χ0) is 24.2. The topological polar surface area (TPSA) is 82.6 Å². The molecule has 7 heteroatoms. The molecule has 172 valence electrons. The van der Waals surface area contributed by atoms with Gasteiger partial charge in [-0.1, -0.05) is 26.0 Å². The molecule has 0 aliphatic rings. The lowest BCUT2D eigenvalue weighted by atomic mass is 10.0. The molecule has 0 saturated heterocycles. The van der Waals surface area contributed by atoms with Gasteiger partial charge in [0.05, 0.1) is 34.8 Å². The molecule has 0 aliphatic heterocycles. The second-order valence-corrected chi connectivity index (χ2v) is 7.92. The van der Waals surface area contributed by atoms with Gasteiger partial charge >= 0.3 is 0 Å². The summed E-state index contributed by atoms with van der Waals surface area (Å²) < 4.78 is 13.8. The Bertz CT molecular complexity index is 1520. The van der Waals surface area contributed by atoms with E-state index in [1.165, 1.54) is 12.1 Å². The first-order chi connectivity index (χ1) is 16.5. The number of allylic oxidation sites excluding steroid dienone is 1. The summed E-state index contributed by atoms with van der Waals surface area (Å²) in [6, 6.07) is 10.6. The Morgan fingerprint density at radius 2 is 1.79 bits per heavy atom. The van der Waals surface area contributed by atoms with E-state index in [1.807, 2.05) is 59.0 Å². The summed E-state index contributed by atoms with van der Waals surface area (Å²) in [5.41, 5.74) is 7.75. The van der Waals surface area contributed by atoms with Gasteiger partial charge in [-0.05, 0) is 56.2 Å². The number of benzene rings is 1. The highest BCUT2D eigenvalue weighted by atomic mass is 19.1. The molecule has 34 heavy (non-hydrogen) atoms. The molecule has 0 radical (unpaired) electrons. The molecule has 0 bridgehead atoms. The van der Waals surface area contributed by atoms with Crippen molar-refractivity contribution in [3.8, 4) is 22.5 Å². The number of hydrogen-bond donors (Lipinski definition) is 2. The summed E-state index contributed by atoms with van der Waals surface area (Å²) in [6.45, 7) is 9.90. The Morgan fingerprint density at radius 1 is 0.971 bits per heavy atom. The Hall–Kier alpha value is -4.13. The SMILES string of the molecule is CC.CC(C)=N/C=C(\C)c1cc2c(-c3cc4c(-c5cccc(F)c5)cncc4[nH]3)n[nH]c2cn1. The van der Waals surface area contributed by atoms with Gasteiger partial charge in [-0.2, -0.15) is 5.10 Å². The largest absolute Gasteiger partial charge is 0.352 e. The maximum absolute atomic E-state index is 13.8. The lowest BCUT2D eigenvalue weighted by Gasteiger charge is -2.02. The molecule has 4 heterocycles. The number of rotatable bonds is 4. The standard InChI is InChI=1S/C25H21FN6.C2H6/c1-14(2)28-10-15(3)21-9-19-24(13-29-21)31-32-25(19)22-8-18-20(11-27-12-23(18)30-22)16-5-4-6-17(26)7-16;1-2/h4-13,30H,1-3H3,(H,31,32);1-2H3/b15-10+;. The summed E-state index contributed by atoms with van der Waals surface area (Å²) in [4.78, 5) is 16.7. The second-order valence-electron chi connectivity index (χ2n) is 7.92. The zero-order valence-corrected chi connectivity index (χ0v) is 19.9. The Balaban J connectivity index is 0.00000133. The number of aromatic nitrogens is 5. The van der Waals surface area contributed by atoms with Crippen molar-refractivity contribution < 1.29 is 4.39 Å². The van der Waals surface area contributed by atoms with E-state index in [1.54, 1.807) is 24.7 Å². The minimum absolute atomic E-state index is 0.278. The third-order valence-electron chi connectivity index (χ3n) is 5.30. The summed E-state index contributed by atoms with van der Waals surface area (Å²) in [5.74, 6) is -0.278. The minimum atomic E-state index is -0.278. The molecule has 0 atom stereocenters. The first kappa shape index (κ1) is 23.0. The fourth-order valence-electron chi connectivity index (χ4n) is 3.69. The van der Waals surface area contributed by atoms with Crippen molar-refractivity contribution in [1.82, 2.24) is 25.1 Å². The fourth-order valence-corrected chi connectivity index (χ4v) is 3.69. The smallest absolute Gasteiger partial charge is 0.123 e. The van der Waals surface area contributed by atoms with Gasteiger partial charge in [0, 0.05) is 34.4 Å². The highest BCUT2D eigenvalue weighted by Gasteiger charge is 2.15. The second kappa shape index (κ2) is 9.79. The van der Waals surface area contributed by atoms with Gasteiger partial charge < -0.3 is 4.98 Å². The van der Waals surface area contributed by atoms with Gasteiger partial charge in [-0.3, -0.25) is 20.1 Å². The van der Waals surface area contributed by atoms with E-state index in [2.05, 4.69) is 30.1 Å². The lowest BCUT2D eigenvalue weighted by Crippen LogP contribution is -1.87. The molecule has 0 fully saturated rings. The molecule has 5 rings (SSSR count). The monoisotopic (exact) mass is 454 g/mol. The van der Waals surface area contributed by atoms with Crippen LogP contribution in [0.5, 0.6) is 0 Å². The summed E-state index contributed by atoms with van der Waals surface area (Å²) in [7, 11) is 0. The van der Waals surface area contributed by atoms with Crippen LogP contribution in [0.1, 0.15) is 40.3 Å². The van der Waals surface area contributed by atoms with E-state index in [-0.39, 0.29) is 5.82 Å². The third-order valence-corrected chi connectivity index (χ3v) is 5.30. The first-order valence-corrected chi connectivity index (χ1v) is 11.2. The Kier molecular flexibility index (Phi) is 6.63. The number of aliphatic imine (C=N–C) groups is 1. The van der Waals surface area contributed by atoms with Gasteiger partial charge in [-0.15, -0.1) is 0 Å². The molecule has 5 aromatic rings. The summed E-state index contributed by atoms with van der Waals surface area (Å²) in [6.07, 6.45) is 7.12. The average Bonchev–Trinajstić information content (AvgIpc) is 3.47. The quantitative estimate of drug-likeness (QED) is 0.282. The van der Waals surface area contributed by atoms with E-state index < -0.39 is 0 Å². The summed E-state index contributed by atoms with van der Waals surface area (Å²) >= 11 is 0. The van der Waals surface area contributed by atoms with Crippen LogP contribution in [0.15, 0.2) is 66.2 Å². The number of hydrogen-bond acceptors (Lipinski definition) is 4. The van der Waals surface area contributed by atoms with Gasteiger partial charge in [0.1, 0.15) is 11.5 Å². The lowest BCUT2D eigenvalue weighted by molar-refractivity contribution is 0.628. The molecule has 2 N–H and O–H groups in total. The van der Waals surface area contributed by atoms with Crippen LogP contribution in [-0.2, 0) is 0 Å². The van der Waals surface area contributed by atoms with Crippen molar-refractivity contribution in [3.63, 3.8) is 0 Å². The number of fused-ring (bicyclic) bond motifs is 2. The van der Waals surface area contributed by atoms with Gasteiger partial charge in [0.25, 0.3) is 0 Å². The minimum Gasteiger partial charge on any atom is -0.352 e. The predicted molar refractivity (Wildman–Crippen MR) is 138 cm³/mol. The van der Waals surface area contributed by atoms with Crippen LogP contribution in [-0.4, -0.2) is 30.9 Å². The Morgan fingerprint density at radius 3 is 2.56 bits per heavy atom. The van der Waals surface area contributed by atoms with Crippen LogP contribution in [0.25, 0.3) is 49.9 Å². The number of nitrogens with zero attached hydrogens (tertiary/aromatic N) is 4. The number of nitrogens with one attached hydrogen (secondary N) is 2. The van der Waals surface area contributed by atoms with Crippen LogP contribution in [0, 0.1) is 5.82 Å². The molecule has 0 aliphatic carbocycles. The van der Waals surface area contributed by atoms with Crippen molar-refractivity contribution in [2.45, 2.75) is 34.6 Å². The highest BCUT2D eigenvalue weighted by Crippen LogP contribution is 2.34. The van der Waals surface area contributed by atoms with E-state index in [4.69, 9.17) is 0 Å². The third kappa shape index (κ3) is 4.50. The normalized spacial score (nSPS) is 11.4. The van der Waals surface area contributed by atoms with E-state index >= 15 is 0 Å². The van der Waals surface area contributed by atoms with Crippen molar-refractivity contribution in [2.75, 3.05) is 0 Å². The van der Waals surface area contributed by atoms with Crippen LogP contribution in [0.4, 0.5) is 4.39 Å². The molecular formula is C27H27FN6. The molecule has 0 amide bonds. The molecule has 0 saturated carbocycles. The maximum atomic E-state index is 13.8. The van der Waals surface area contributed by atoms with Crippen molar-refractivity contribution in [1.29, 1.82) is 0 Å². The molecule has 6 nitrogen and oxygen atoms in total. The molecule has 0 spiro atoms. The van der Waals surface area contributed by atoms with Crippen LogP contribution >= 0.6 is 0 Å². The number of pyridine rings is 2. The highest BCUT2D eigenvalue weighted by molar-refractivity contribution is 6.00. The molecule has 4 aromatic heterocycles. The van der Waals surface area contributed by atoms with E-state index in [9.17, 15) is 4.39 Å². The van der Waals surface area contributed by atoms with E-state index in [0.29, 0.717) is 0 Å². The first-order valence-electron chi connectivity index (χ1n) is 11.2. The van der Waals surface area contributed by atoms with E-state index in [0.717, 1.165) is 61.3 Å². The summed E-state index contributed by atoms with van der Waals surface area (Å²) in [5, 5.41) is 9.49. The Labute approximate surface area is 197 Å². The van der Waals surface area contributed by atoms with Crippen molar-refractivity contribution in [3.05, 3.63) is 72.7 Å². The maximum Gasteiger partial charge on any atom is 0.123 e. The van der Waals surface area contributed by atoms with Crippen molar-refractivity contribution in [2.24, 2.45) is 4.99 Å². The molecular weight excluding hydrogens is 427 g/mol. The average molecular weight is 455 g/mol. The molecule has 1 aromatic carbocycles. The number of aromatic amines is 2. The predicted octanol–water partition coefficient (Wildman–Crippen LogP) is 7.18. The van der Waals surface area contributed by atoms with Crippen LogP contribution in [0.3, 0.4) is 0 Å². The van der Waals surface area contributed by atoms with Gasteiger partial charge in [0.15, 0.2) is 0 Å². The van der Waals surface area contributed by atoms with Crippen LogP contribution in [0.2, 0.25) is 0 Å². The fraction of sp³-hybridized carbons (Fsp3) is 0.185. The number of halogens is 1. The zero-order valence-electron chi connectivity index (χ0n) is 19.9. The molecule has 0 unspecified atom stereocenters. The van der Waals surface area contributed by atoms with Crippen LogP contribution < -0.4 is 0 Å². The van der Waals surface area contributed by atoms with Gasteiger partial charge in [0.2, 0.25) is 0 Å². The van der Waals surface area contributed by atoms with Gasteiger partial charge in [-0.25, -0.2) is 4.39 Å². The number of H-pyrrole nitrogens is 2. The van der Waals surface area contributed by atoms with Crippen molar-refractivity contribution >= 4 is 33.1 Å².